The highest BCUT2D eigenvalue weighted by Gasteiger charge is 2.49. The minimum Gasteiger partial charge on any atom is -0.439 e. The molecule has 1 fully saturated rings. The van der Waals surface area contributed by atoms with Crippen molar-refractivity contribution in [2.75, 3.05) is 0 Å². The quantitative estimate of drug-likeness (QED) is 0.184. The second kappa shape index (κ2) is 11.3. The average Bonchev–Trinajstić information content (AvgIpc) is 2.93. The summed E-state index contributed by atoms with van der Waals surface area (Å²) < 4.78 is 70.4. The zero-order valence-corrected chi connectivity index (χ0v) is 22.9. The summed E-state index contributed by atoms with van der Waals surface area (Å²) in [5.41, 5.74) is 0.905. The van der Waals surface area contributed by atoms with E-state index in [1.165, 1.54) is 54.7 Å². The van der Waals surface area contributed by atoms with Crippen LogP contribution in [0.15, 0.2) is 85.1 Å². The molecule has 1 atom stereocenters. The smallest absolute Gasteiger partial charge is 0.439 e. The van der Waals surface area contributed by atoms with Gasteiger partial charge in [-0.05, 0) is 53.3 Å². The summed E-state index contributed by atoms with van der Waals surface area (Å²) in [5.74, 6) is -0.942. The Morgan fingerprint density at radius 1 is 0.810 bits per heavy atom. The minimum atomic E-state index is -4.70. The third-order valence-corrected chi connectivity index (χ3v) is 6.62. The molecule has 0 aliphatic carbocycles. The van der Waals surface area contributed by atoms with E-state index in [4.69, 9.17) is 19.0 Å². The van der Waals surface area contributed by atoms with E-state index in [9.17, 15) is 21.6 Å². The number of carbonyl (C=O) groups is 1. The molecule has 5 rings (SSSR count). The van der Waals surface area contributed by atoms with Crippen LogP contribution in [0.25, 0.3) is 16.6 Å². The van der Waals surface area contributed by atoms with Crippen LogP contribution in [-0.2, 0) is 48.2 Å². The Bertz CT molecular complexity index is 1820. The third-order valence-electron chi connectivity index (χ3n) is 5.82. The molecule has 0 bridgehead atoms. The van der Waals surface area contributed by atoms with Crippen molar-refractivity contribution < 1.29 is 48.9 Å². The van der Waals surface area contributed by atoms with Crippen molar-refractivity contribution in [3.05, 3.63) is 107 Å². The van der Waals surface area contributed by atoms with Crippen molar-refractivity contribution in [3.8, 4) is 22.8 Å². The predicted molar refractivity (Wildman–Crippen MR) is 144 cm³/mol. The summed E-state index contributed by atoms with van der Waals surface area (Å²) in [4.78, 5) is 31.5. The predicted octanol–water partition coefficient (Wildman–Crippen LogP) is 3.53. The molecule has 3 aromatic carbocycles. The van der Waals surface area contributed by atoms with Crippen LogP contribution in [0, 0.1) is 0 Å². The van der Waals surface area contributed by atoms with E-state index in [0.717, 1.165) is 5.56 Å². The summed E-state index contributed by atoms with van der Waals surface area (Å²) in [6.45, 7) is 0. The molecular weight excluding hydrogens is 594 g/mol. The Hall–Kier alpha value is -4.61. The molecule has 2 heterocycles. The molecule has 14 nitrogen and oxygen atoms in total. The largest absolute Gasteiger partial charge is 0.446 e. The number of hydrogen-bond acceptors (Lipinski definition) is 11. The van der Waals surface area contributed by atoms with Crippen molar-refractivity contribution in [1.29, 1.82) is 0 Å². The van der Waals surface area contributed by atoms with E-state index >= 15 is 0 Å². The van der Waals surface area contributed by atoms with Crippen LogP contribution in [0.3, 0.4) is 0 Å². The van der Waals surface area contributed by atoms with Gasteiger partial charge in [0.05, 0.1) is 5.69 Å². The maximum absolute atomic E-state index is 12.6. The molecule has 1 aromatic heterocycles. The number of aromatic nitrogens is 2. The van der Waals surface area contributed by atoms with Crippen molar-refractivity contribution >= 4 is 32.6 Å². The van der Waals surface area contributed by atoms with Crippen LogP contribution in [0.2, 0.25) is 0 Å². The lowest BCUT2D eigenvalue weighted by Crippen LogP contribution is -2.53. The first-order chi connectivity index (χ1) is 19.9. The van der Waals surface area contributed by atoms with E-state index < -0.39 is 32.5 Å². The average molecular weight is 615 g/mol. The Morgan fingerprint density at radius 2 is 1.40 bits per heavy atom. The van der Waals surface area contributed by atoms with Gasteiger partial charge in [0.25, 0.3) is 0 Å². The zero-order chi connectivity index (χ0) is 30.0. The molecule has 42 heavy (non-hydrogen) atoms. The highest BCUT2D eigenvalue weighted by molar-refractivity contribution is 7.81. The molecule has 0 amide bonds. The van der Waals surface area contributed by atoms with Gasteiger partial charge in [-0.1, -0.05) is 48.7 Å². The first-order valence-corrected chi connectivity index (χ1v) is 14.7. The van der Waals surface area contributed by atoms with Gasteiger partial charge in [-0.25, -0.2) is 4.79 Å². The fourth-order valence-electron chi connectivity index (χ4n) is 3.97. The van der Waals surface area contributed by atoms with Crippen molar-refractivity contribution in [2.24, 2.45) is 0 Å². The Kier molecular flexibility index (Phi) is 7.81. The molecule has 16 heteroatoms. The molecule has 0 saturated carbocycles. The second-order valence-electron chi connectivity index (χ2n) is 8.91. The van der Waals surface area contributed by atoms with Crippen molar-refractivity contribution in [1.82, 2.24) is 9.97 Å². The van der Waals surface area contributed by atoms with E-state index in [2.05, 4.69) is 23.6 Å². The lowest BCUT2D eigenvalue weighted by Gasteiger charge is -2.42. The van der Waals surface area contributed by atoms with Crippen LogP contribution >= 0.6 is 0 Å². The Morgan fingerprint density at radius 3 is 1.93 bits per heavy atom. The molecule has 0 radical (unpaired) electrons. The number of nitrogens with zero attached hydrogens (tertiary/aromatic N) is 3. The number of carbonyl (C=O) groups excluding carboxylic acids is 1. The number of hydrogen-bond donors (Lipinski definition) is 2. The highest BCUT2D eigenvalue weighted by atomic mass is 32.3. The molecule has 1 unspecified atom stereocenters. The number of rotatable bonds is 11. The van der Waals surface area contributed by atoms with Crippen LogP contribution in [0.5, 0.6) is 11.5 Å². The summed E-state index contributed by atoms with van der Waals surface area (Å²) >= 11 is 0. The molecule has 4 aromatic rings. The normalized spacial score (nSPS) is 16.7. The van der Waals surface area contributed by atoms with E-state index in [1.807, 2.05) is 30.3 Å². The maximum atomic E-state index is 12.6. The van der Waals surface area contributed by atoms with Crippen LogP contribution in [-0.4, -0.2) is 47.6 Å². The first-order valence-electron chi connectivity index (χ1n) is 11.9. The van der Waals surface area contributed by atoms with Gasteiger partial charge >= 0.3 is 26.8 Å². The third kappa shape index (κ3) is 7.17. The fraction of sp³-hybridized carbons (Fsp3) is 0.115. The van der Waals surface area contributed by atoms with E-state index in [0.29, 0.717) is 22.5 Å². The zero-order valence-electron chi connectivity index (χ0n) is 21.2. The lowest BCUT2D eigenvalue weighted by atomic mass is 10.0. The van der Waals surface area contributed by atoms with Gasteiger partial charge in [-0.15, -0.1) is 0 Å². The highest BCUT2D eigenvalue weighted by Crippen LogP contribution is 2.41. The van der Waals surface area contributed by atoms with Gasteiger partial charge in [0.1, 0.15) is 11.5 Å². The van der Waals surface area contributed by atoms with Gasteiger partial charge in [-0.2, -0.15) is 21.7 Å². The summed E-state index contributed by atoms with van der Waals surface area (Å²) in [5, 5.41) is 4.49. The van der Waals surface area contributed by atoms with Gasteiger partial charge in [0.15, 0.2) is 0 Å². The molecule has 218 valence electrons. The lowest BCUT2D eigenvalue weighted by molar-refractivity contribution is -0.389. The summed E-state index contributed by atoms with van der Waals surface area (Å²) in [6.07, 6.45) is 1.57. The van der Waals surface area contributed by atoms with Crippen LogP contribution in [0.4, 0.5) is 5.82 Å². The monoisotopic (exact) mass is 614 g/mol. The standard InChI is InChI=1S/C26H20N3O11S2/c30-25-26(40-37-25,15-18-6-10-20(11-7-18)38-41(31,32)33)29-24-22(14-17-4-2-1-3-5-17)28-23(16-27-24)19-8-12-21(13-9-19)39-42(34,35)36/h1-13,16H,14-15H2,(H2-,27,29,31,32,33,34,35,36)/q-1. The second-order valence-corrected chi connectivity index (χ2v) is 10.9. The first kappa shape index (κ1) is 28.9. The fourth-order valence-corrected chi connectivity index (χ4v) is 4.68. The van der Waals surface area contributed by atoms with Crippen molar-refractivity contribution in [2.45, 2.75) is 18.6 Å². The maximum Gasteiger partial charge on any atom is 0.446 e. The van der Waals surface area contributed by atoms with Crippen molar-refractivity contribution in [3.63, 3.8) is 0 Å². The molecule has 2 N–H and O–H groups in total. The summed E-state index contributed by atoms with van der Waals surface area (Å²) in [7, 11) is -9.39. The van der Waals surface area contributed by atoms with Crippen LogP contribution in [0.1, 0.15) is 16.8 Å². The molecular formula is C26H20N3O11S2-. The SMILES string of the molecule is O=C1OOC1(Cc1ccc(OS(=O)(=O)O)cc1)[N-]c1ncc(-c2ccc(OS(=O)(=O)O)cc2)nc1Cc1ccccc1. The van der Waals surface area contributed by atoms with Crippen LogP contribution < -0.4 is 8.37 Å². The molecule has 1 saturated heterocycles. The van der Waals surface area contributed by atoms with E-state index in [-0.39, 0.29) is 30.2 Å². The minimum absolute atomic E-state index is 0.0944. The van der Waals surface area contributed by atoms with E-state index in [1.54, 1.807) is 0 Å². The Balaban J connectivity index is 1.44. The molecule has 0 spiro atoms. The number of benzene rings is 3. The topological polar surface area (TPSA) is 203 Å². The van der Waals surface area contributed by atoms with Gasteiger partial charge in [0.2, 0.25) is 5.72 Å². The molecule has 1 aliphatic rings. The van der Waals surface area contributed by atoms with Gasteiger partial charge in [0, 0.05) is 24.1 Å². The molecule has 1 aliphatic heterocycles. The Labute approximate surface area is 239 Å². The van der Waals surface area contributed by atoms with Gasteiger partial charge < -0.3 is 18.7 Å². The van der Waals surface area contributed by atoms with Gasteiger partial charge in [-0.3, -0.25) is 19.0 Å². The summed E-state index contributed by atoms with van der Waals surface area (Å²) in [6, 6.07) is 20.5.